The molecule has 3 aromatic heterocycles. The van der Waals surface area contributed by atoms with Gasteiger partial charge in [-0.15, -0.1) is 0 Å². The largest absolute Gasteiger partial charge is 0.341 e. The Morgan fingerprint density at radius 3 is 2.48 bits per heavy atom. The fourth-order valence-corrected chi connectivity index (χ4v) is 3.53. The molecule has 3 heterocycles. The van der Waals surface area contributed by atoms with Crippen molar-refractivity contribution in [3.8, 4) is 11.5 Å². The maximum atomic E-state index is 13.1. The van der Waals surface area contributed by atoms with Crippen LogP contribution in [-0.4, -0.2) is 20.3 Å². The van der Waals surface area contributed by atoms with Crippen LogP contribution in [0.3, 0.4) is 0 Å². The molecular formula is C22H18N4O. The zero-order chi connectivity index (χ0) is 18.3. The number of carbonyl (C=O) groups excluding carboxylic acids is 1. The molecule has 0 radical (unpaired) electrons. The number of imidazole rings is 1. The predicted molar refractivity (Wildman–Crippen MR) is 103 cm³/mol. The number of amides is 1. The average molecular weight is 354 g/mol. The van der Waals surface area contributed by atoms with Gasteiger partial charge in [-0.1, -0.05) is 42.5 Å². The van der Waals surface area contributed by atoms with E-state index in [1.165, 1.54) is 0 Å². The summed E-state index contributed by atoms with van der Waals surface area (Å²) in [6.45, 7) is 0. The van der Waals surface area contributed by atoms with Gasteiger partial charge in [0.1, 0.15) is 5.69 Å². The van der Waals surface area contributed by atoms with Crippen LogP contribution in [0.2, 0.25) is 0 Å². The van der Waals surface area contributed by atoms with E-state index in [4.69, 9.17) is 0 Å². The Morgan fingerprint density at radius 2 is 1.74 bits per heavy atom. The third kappa shape index (κ3) is 2.68. The molecule has 0 unspecified atom stereocenters. The first-order valence-corrected chi connectivity index (χ1v) is 9.03. The number of carbonyl (C=O) groups is 1. The number of fused-ring (bicyclic) bond motifs is 1. The number of pyridine rings is 2. The molecule has 132 valence electrons. The van der Waals surface area contributed by atoms with Crippen LogP contribution < -0.4 is 5.32 Å². The van der Waals surface area contributed by atoms with E-state index in [9.17, 15) is 4.79 Å². The fraction of sp³-hybridized carbons (Fsp3) is 0.136. The number of nitrogens with zero attached hydrogens (tertiary/aromatic N) is 3. The molecule has 0 saturated heterocycles. The van der Waals surface area contributed by atoms with Gasteiger partial charge in [-0.3, -0.25) is 14.2 Å². The molecule has 0 aliphatic heterocycles. The lowest BCUT2D eigenvalue weighted by molar-refractivity contribution is 0.0928. The van der Waals surface area contributed by atoms with Crippen LogP contribution in [0.15, 0.2) is 79.1 Å². The van der Waals surface area contributed by atoms with Crippen molar-refractivity contribution in [2.45, 2.75) is 18.4 Å². The van der Waals surface area contributed by atoms with E-state index in [2.05, 4.69) is 27.4 Å². The Labute approximate surface area is 156 Å². The summed E-state index contributed by atoms with van der Waals surface area (Å²) in [7, 11) is 0. The summed E-state index contributed by atoms with van der Waals surface area (Å²) in [4.78, 5) is 22.2. The van der Waals surface area contributed by atoms with Gasteiger partial charge in [0, 0.05) is 12.4 Å². The molecule has 1 amide bonds. The van der Waals surface area contributed by atoms with Gasteiger partial charge in [-0.05, 0) is 42.7 Å². The summed E-state index contributed by atoms with van der Waals surface area (Å²) in [5.41, 5.74) is 2.82. The summed E-state index contributed by atoms with van der Waals surface area (Å²) < 4.78 is 1.92. The molecule has 1 aliphatic rings. The maximum absolute atomic E-state index is 13.1. The molecule has 1 aliphatic carbocycles. The van der Waals surface area contributed by atoms with Crippen molar-refractivity contribution in [2.75, 3.05) is 0 Å². The molecular weight excluding hydrogens is 336 g/mol. The molecule has 27 heavy (non-hydrogen) atoms. The lowest BCUT2D eigenvalue weighted by atomic mass is 10.0. The van der Waals surface area contributed by atoms with Crippen molar-refractivity contribution in [1.82, 2.24) is 19.7 Å². The summed E-state index contributed by atoms with van der Waals surface area (Å²) in [6.07, 6.45) is 5.53. The van der Waals surface area contributed by atoms with Gasteiger partial charge in [-0.25, -0.2) is 4.98 Å². The Hall–Kier alpha value is -3.47. The minimum absolute atomic E-state index is 0.151. The summed E-state index contributed by atoms with van der Waals surface area (Å²) >= 11 is 0. The van der Waals surface area contributed by atoms with Gasteiger partial charge in [0.2, 0.25) is 0 Å². The van der Waals surface area contributed by atoms with Crippen LogP contribution in [0.1, 0.15) is 28.9 Å². The van der Waals surface area contributed by atoms with Crippen molar-refractivity contribution >= 4 is 11.4 Å². The molecule has 5 heteroatoms. The van der Waals surface area contributed by atoms with Crippen LogP contribution >= 0.6 is 0 Å². The summed E-state index contributed by atoms with van der Waals surface area (Å²) in [6, 6.07) is 21.6. The number of nitrogens with one attached hydrogen (secondary N) is 1. The number of benzene rings is 1. The Balaban J connectivity index is 1.55. The Kier molecular flexibility index (Phi) is 3.53. The fourth-order valence-electron chi connectivity index (χ4n) is 3.53. The maximum Gasteiger partial charge on any atom is 0.272 e. The standard InChI is InChI=1S/C22H18N4O/c27-21(25-22(12-13-22)16-8-2-1-3-9-16)19-18-11-5-7-15-26(18)20(24-19)17-10-4-6-14-23-17/h1-11,14-15H,12-13H2,(H,25,27). The van der Waals surface area contributed by atoms with Crippen LogP contribution in [0.25, 0.3) is 17.0 Å². The highest BCUT2D eigenvalue weighted by Crippen LogP contribution is 2.45. The zero-order valence-corrected chi connectivity index (χ0v) is 14.7. The SMILES string of the molecule is O=C(NC1(c2ccccc2)CC1)c1nc(-c2ccccn2)n2ccccc12. The monoisotopic (exact) mass is 354 g/mol. The lowest BCUT2D eigenvalue weighted by Crippen LogP contribution is -2.35. The van der Waals surface area contributed by atoms with E-state index in [0.717, 1.165) is 29.6 Å². The number of aromatic nitrogens is 3. The average Bonchev–Trinajstić information content (AvgIpc) is 3.41. The topological polar surface area (TPSA) is 59.3 Å². The molecule has 0 spiro atoms. The molecule has 0 bridgehead atoms. The van der Waals surface area contributed by atoms with Gasteiger partial charge in [0.25, 0.3) is 5.91 Å². The van der Waals surface area contributed by atoms with Gasteiger partial charge < -0.3 is 5.32 Å². The highest BCUT2D eigenvalue weighted by atomic mass is 16.2. The van der Waals surface area contributed by atoms with E-state index >= 15 is 0 Å². The molecule has 4 aromatic rings. The van der Waals surface area contributed by atoms with Gasteiger partial charge in [-0.2, -0.15) is 0 Å². The van der Waals surface area contributed by atoms with E-state index in [-0.39, 0.29) is 11.4 Å². The summed E-state index contributed by atoms with van der Waals surface area (Å²) in [5.74, 6) is 0.517. The smallest absolute Gasteiger partial charge is 0.272 e. The van der Waals surface area contributed by atoms with Gasteiger partial charge in [0.15, 0.2) is 11.5 Å². The minimum atomic E-state index is -0.270. The molecule has 1 saturated carbocycles. The second-order valence-electron chi connectivity index (χ2n) is 6.86. The zero-order valence-electron chi connectivity index (χ0n) is 14.7. The molecule has 1 aromatic carbocycles. The quantitative estimate of drug-likeness (QED) is 0.606. The first-order valence-electron chi connectivity index (χ1n) is 9.03. The molecule has 0 atom stereocenters. The van der Waals surface area contributed by atoms with Crippen molar-refractivity contribution < 1.29 is 4.79 Å². The minimum Gasteiger partial charge on any atom is -0.341 e. The highest BCUT2D eigenvalue weighted by molar-refractivity contribution is 6.00. The molecule has 5 rings (SSSR count). The van der Waals surface area contributed by atoms with E-state index in [0.29, 0.717) is 11.5 Å². The Morgan fingerprint density at radius 1 is 0.963 bits per heavy atom. The predicted octanol–water partition coefficient (Wildman–Crippen LogP) is 3.82. The molecule has 5 nitrogen and oxygen atoms in total. The first kappa shape index (κ1) is 15.8. The van der Waals surface area contributed by atoms with Crippen molar-refractivity contribution in [1.29, 1.82) is 0 Å². The van der Waals surface area contributed by atoms with E-state index < -0.39 is 0 Å². The lowest BCUT2D eigenvalue weighted by Gasteiger charge is -2.17. The van der Waals surface area contributed by atoms with Crippen LogP contribution in [0, 0.1) is 0 Å². The first-order chi connectivity index (χ1) is 13.3. The summed E-state index contributed by atoms with van der Waals surface area (Å²) in [5, 5.41) is 3.22. The van der Waals surface area contributed by atoms with Crippen LogP contribution in [0.4, 0.5) is 0 Å². The normalized spacial score (nSPS) is 14.8. The van der Waals surface area contributed by atoms with Crippen molar-refractivity contribution in [3.63, 3.8) is 0 Å². The highest BCUT2D eigenvalue weighted by Gasteiger charge is 2.46. The second-order valence-corrected chi connectivity index (χ2v) is 6.86. The van der Waals surface area contributed by atoms with Gasteiger partial charge >= 0.3 is 0 Å². The number of hydrogen-bond acceptors (Lipinski definition) is 3. The van der Waals surface area contributed by atoms with E-state index in [1.54, 1.807) is 6.20 Å². The van der Waals surface area contributed by atoms with Crippen molar-refractivity contribution in [2.24, 2.45) is 0 Å². The molecule has 1 fully saturated rings. The van der Waals surface area contributed by atoms with E-state index in [1.807, 2.05) is 65.2 Å². The van der Waals surface area contributed by atoms with Gasteiger partial charge in [0.05, 0.1) is 11.1 Å². The van der Waals surface area contributed by atoms with Crippen molar-refractivity contribution in [3.05, 3.63) is 90.4 Å². The Bertz CT molecular complexity index is 1110. The van der Waals surface area contributed by atoms with Crippen LogP contribution in [-0.2, 0) is 5.54 Å². The molecule has 1 N–H and O–H groups in total. The number of hydrogen-bond donors (Lipinski definition) is 1. The van der Waals surface area contributed by atoms with Crippen LogP contribution in [0.5, 0.6) is 0 Å². The third-order valence-electron chi connectivity index (χ3n) is 5.09. The number of rotatable bonds is 4. The second kappa shape index (κ2) is 6.06. The third-order valence-corrected chi connectivity index (χ3v) is 5.09.